The van der Waals surface area contributed by atoms with Crippen LogP contribution in [0.2, 0.25) is 0 Å². The van der Waals surface area contributed by atoms with Gasteiger partial charge in [-0.2, -0.15) is 0 Å². The minimum Gasteiger partial charge on any atom is -0.493 e. The molecule has 0 aliphatic carbocycles. The van der Waals surface area contributed by atoms with Crippen LogP contribution in [-0.2, 0) is 0 Å². The standard InChI is InChI=1S/C15H14N2O3/c18-17(19)12-7-5-11(6-8-12)16-14-9-10-20-15-4-2-1-3-13(14)15/h1-8,14,16H,9-10H2/t14-/m1/s1. The second-order valence-electron chi connectivity index (χ2n) is 4.68. The van der Waals surface area contributed by atoms with Gasteiger partial charge in [-0.15, -0.1) is 0 Å². The third-order valence-electron chi connectivity index (χ3n) is 3.38. The van der Waals surface area contributed by atoms with E-state index in [9.17, 15) is 10.1 Å². The summed E-state index contributed by atoms with van der Waals surface area (Å²) >= 11 is 0. The second kappa shape index (κ2) is 5.21. The Labute approximate surface area is 116 Å². The molecule has 20 heavy (non-hydrogen) atoms. The quantitative estimate of drug-likeness (QED) is 0.684. The van der Waals surface area contributed by atoms with Crippen molar-refractivity contribution in [3.05, 3.63) is 64.2 Å². The predicted molar refractivity (Wildman–Crippen MR) is 76.0 cm³/mol. The van der Waals surface area contributed by atoms with Crippen molar-refractivity contribution >= 4 is 11.4 Å². The van der Waals surface area contributed by atoms with Crippen molar-refractivity contribution in [2.24, 2.45) is 0 Å². The van der Waals surface area contributed by atoms with Gasteiger partial charge in [0.2, 0.25) is 0 Å². The number of nitrogens with zero attached hydrogens (tertiary/aromatic N) is 1. The zero-order chi connectivity index (χ0) is 13.9. The van der Waals surface area contributed by atoms with Crippen LogP contribution in [0.25, 0.3) is 0 Å². The van der Waals surface area contributed by atoms with Gasteiger partial charge in [0.15, 0.2) is 0 Å². The van der Waals surface area contributed by atoms with E-state index in [4.69, 9.17) is 4.74 Å². The SMILES string of the molecule is O=[N+]([O-])c1ccc(N[C@@H]2CCOc3ccccc32)cc1. The van der Waals surface area contributed by atoms with Gasteiger partial charge in [0.05, 0.1) is 17.6 Å². The summed E-state index contributed by atoms with van der Waals surface area (Å²) in [5, 5.41) is 14.0. The molecule has 0 unspecified atom stereocenters. The van der Waals surface area contributed by atoms with Crippen LogP contribution in [-0.4, -0.2) is 11.5 Å². The molecule has 5 heteroatoms. The van der Waals surface area contributed by atoms with Crippen LogP contribution < -0.4 is 10.1 Å². The molecule has 2 aromatic carbocycles. The van der Waals surface area contributed by atoms with E-state index in [1.54, 1.807) is 12.1 Å². The summed E-state index contributed by atoms with van der Waals surface area (Å²) < 4.78 is 5.61. The zero-order valence-electron chi connectivity index (χ0n) is 10.8. The van der Waals surface area contributed by atoms with Gasteiger partial charge < -0.3 is 10.1 Å². The summed E-state index contributed by atoms with van der Waals surface area (Å²) in [6.07, 6.45) is 0.869. The molecule has 0 amide bonds. The first kappa shape index (κ1) is 12.5. The highest BCUT2D eigenvalue weighted by molar-refractivity contribution is 5.51. The van der Waals surface area contributed by atoms with Gasteiger partial charge in [-0.3, -0.25) is 10.1 Å². The fourth-order valence-electron chi connectivity index (χ4n) is 2.37. The lowest BCUT2D eigenvalue weighted by atomic mass is 10.0. The van der Waals surface area contributed by atoms with Crippen LogP contribution in [0, 0.1) is 10.1 Å². The fourth-order valence-corrected chi connectivity index (χ4v) is 2.37. The number of benzene rings is 2. The Bertz CT molecular complexity index is 625. The molecule has 0 radical (unpaired) electrons. The first-order valence-corrected chi connectivity index (χ1v) is 6.47. The normalized spacial score (nSPS) is 16.9. The van der Waals surface area contributed by atoms with Gasteiger partial charge in [0.25, 0.3) is 5.69 Å². The van der Waals surface area contributed by atoms with E-state index >= 15 is 0 Å². The largest absolute Gasteiger partial charge is 0.493 e. The number of nitro benzene ring substituents is 1. The number of non-ortho nitro benzene ring substituents is 1. The molecule has 102 valence electrons. The third kappa shape index (κ3) is 2.42. The number of rotatable bonds is 3. The van der Waals surface area contributed by atoms with Crippen LogP contribution in [0.15, 0.2) is 48.5 Å². The predicted octanol–water partition coefficient (Wildman–Crippen LogP) is 3.53. The average molecular weight is 270 g/mol. The number of ether oxygens (including phenoxy) is 1. The molecule has 0 aromatic heterocycles. The first-order chi connectivity index (χ1) is 9.74. The van der Waals surface area contributed by atoms with Gasteiger partial charge in [-0.1, -0.05) is 18.2 Å². The highest BCUT2D eigenvalue weighted by Gasteiger charge is 2.20. The molecule has 1 atom stereocenters. The molecule has 1 N–H and O–H groups in total. The number of nitro groups is 1. The van der Waals surface area contributed by atoms with Gasteiger partial charge in [0.1, 0.15) is 5.75 Å². The Balaban J connectivity index is 1.80. The number of fused-ring (bicyclic) bond motifs is 1. The molecule has 2 aromatic rings. The summed E-state index contributed by atoms with van der Waals surface area (Å²) in [6, 6.07) is 14.6. The van der Waals surface area contributed by atoms with E-state index in [0.717, 1.165) is 23.4 Å². The number of anilines is 1. The minimum atomic E-state index is -0.395. The Hall–Kier alpha value is -2.56. The van der Waals surface area contributed by atoms with E-state index in [1.165, 1.54) is 12.1 Å². The molecule has 1 aliphatic rings. The topological polar surface area (TPSA) is 64.4 Å². The molecule has 0 saturated carbocycles. The van der Waals surface area contributed by atoms with Gasteiger partial charge in [-0.25, -0.2) is 0 Å². The van der Waals surface area contributed by atoms with Crippen molar-refractivity contribution in [3.63, 3.8) is 0 Å². The fraction of sp³-hybridized carbons (Fsp3) is 0.200. The number of hydrogen-bond acceptors (Lipinski definition) is 4. The van der Waals surface area contributed by atoms with E-state index in [1.807, 2.05) is 24.3 Å². The first-order valence-electron chi connectivity index (χ1n) is 6.47. The molecular formula is C15H14N2O3. The highest BCUT2D eigenvalue weighted by atomic mass is 16.6. The van der Waals surface area contributed by atoms with Crippen molar-refractivity contribution in [2.45, 2.75) is 12.5 Å². The summed E-state index contributed by atoms with van der Waals surface area (Å²) in [4.78, 5) is 10.2. The smallest absolute Gasteiger partial charge is 0.269 e. The van der Waals surface area contributed by atoms with E-state index in [2.05, 4.69) is 5.32 Å². The molecule has 1 aliphatic heterocycles. The maximum atomic E-state index is 10.6. The zero-order valence-corrected chi connectivity index (χ0v) is 10.8. The van der Waals surface area contributed by atoms with Crippen LogP contribution >= 0.6 is 0 Å². The Morgan fingerprint density at radius 2 is 1.90 bits per heavy atom. The van der Waals surface area contributed by atoms with E-state index in [0.29, 0.717) is 6.61 Å². The van der Waals surface area contributed by atoms with Crippen LogP contribution in [0.4, 0.5) is 11.4 Å². The lowest BCUT2D eigenvalue weighted by Gasteiger charge is -2.27. The van der Waals surface area contributed by atoms with Crippen molar-refractivity contribution in [2.75, 3.05) is 11.9 Å². The molecule has 3 rings (SSSR count). The van der Waals surface area contributed by atoms with Gasteiger partial charge in [-0.05, 0) is 18.2 Å². The van der Waals surface area contributed by atoms with Crippen LogP contribution in [0.5, 0.6) is 5.75 Å². The molecule has 0 fully saturated rings. The van der Waals surface area contributed by atoms with Crippen molar-refractivity contribution < 1.29 is 9.66 Å². The second-order valence-corrected chi connectivity index (χ2v) is 4.68. The number of hydrogen-bond donors (Lipinski definition) is 1. The Morgan fingerprint density at radius 3 is 2.65 bits per heavy atom. The van der Waals surface area contributed by atoms with Crippen molar-refractivity contribution in [3.8, 4) is 5.75 Å². The number of para-hydroxylation sites is 1. The van der Waals surface area contributed by atoms with Gasteiger partial charge in [0, 0.05) is 29.8 Å². The summed E-state index contributed by atoms with van der Waals surface area (Å²) in [6.45, 7) is 0.668. The van der Waals surface area contributed by atoms with E-state index in [-0.39, 0.29) is 11.7 Å². The average Bonchev–Trinajstić information content (AvgIpc) is 2.48. The lowest BCUT2D eigenvalue weighted by molar-refractivity contribution is -0.384. The lowest BCUT2D eigenvalue weighted by Crippen LogP contribution is -2.20. The number of nitrogens with one attached hydrogen (secondary N) is 1. The molecular weight excluding hydrogens is 256 g/mol. The van der Waals surface area contributed by atoms with Crippen molar-refractivity contribution in [1.29, 1.82) is 0 Å². The maximum absolute atomic E-state index is 10.6. The third-order valence-corrected chi connectivity index (χ3v) is 3.38. The molecule has 5 nitrogen and oxygen atoms in total. The highest BCUT2D eigenvalue weighted by Crippen LogP contribution is 2.34. The molecule has 1 heterocycles. The van der Waals surface area contributed by atoms with Gasteiger partial charge >= 0.3 is 0 Å². The summed E-state index contributed by atoms with van der Waals surface area (Å²) in [5.74, 6) is 0.901. The van der Waals surface area contributed by atoms with Crippen molar-refractivity contribution in [1.82, 2.24) is 0 Å². The van der Waals surface area contributed by atoms with Crippen LogP contribution in [0.1, 0.15) is 18.0 Å². The molecule has 0 bridgehead atoms. The van der Waals surface area contributed by atoms with E-state index < -0.39 is 4.92 Å². The maximum Gasteiger partial charge on any atom is 0.269 e. The summed E-state index contributed by atoms with van der Waals surface area (Å²) in [5.41, 5.74) is 2.09. The molecule has 0 spiro atoms. The molecule has 0 saturated heterocycles. The Kier molecular flexibility index (Phi) is 3.25. The minimum absolute atomic E-state index is 0.0999. The summed E-state index contributed by atoms with van der Waals surface area (Å²) in [7, 11) is 0. The monoisotopic (exact) mass is 270 g/mol. The Morgan fingerprint density at radius 1 is 1.15 bits per heavy atom. The van der Waals surface area contributed by atoms with Crippen LogP contribution in [0.3, 0.4) is 0 Å².